The standard InChI is InChI=1S/C21H23N5O2/c27-19-15-23-26(18-9-3-2-7-16(18)19)14-10-20(28)24-17-8-6-11-22-21(17)25-12-4-1-5-13-25/h2-3,6-9,11,15H,1,4-5,10,12-14H2,(H,24,28). The van der Waals surface area contributed by atoms with Gasteiger partial charge in [0.25, 0.3) is 0 Å². The van der Waals surface area contributed by atoms with Gasteiger partial charge in [0.2, 0.25) is 11.3 Å². The largest absolute Gasteiger partial charge is 0.355 e. The van der Waals surface area contributed by atoms with Gasteiger partial charge in [-0.3, -0.25) is 14.3 Å². The van der Waals surface area contributed by atoms with Crippen LogP contribution in [-0.2, 0) is 11.3 Å². The van der Waals surface area contributed by atoms with Crippen LogP contribution in [0.5, 0.6) is 0 Å². The minimum Gasteiger partial charge on any atom is -0.355 e. The maximum Gasteiger partial charge on any atom is 0.226 e. The van der Waals surface area contributed by atoms with E-state index in [1.165, 1.54) is 12.6 Å². The molecule has 0 bridgehead atoms. The number of nitrogens with one attached hydrogen (secondary N) is 1. The molecule has 0 aliphatic carbocycles. The lowest BCUT2D eigenvalue weighted by molar-refractivity contribution is -0.116. The predicted octanol–water partition coefficient (Wildman–Crippen LogP) is 2.81. The van der Waals surface area contributed by atoms with Crippen molar-refractivity contribution in [2.75, 3.05) is 23.3 Å². The van der Waals surface area contributed by atoms with Gasteiger partial charge in [-0.25, -0.2) is 4.98 Å². The maximum atomic E-state index is 12.6. The van der Waals surface area contributed by atoms with Gasteiger partial charge in [-0.1, -0.05) is 12.1 Å². The predicted molar refractivity (Wildman–Crippen MR) is 110 cm³/mol. The fraction of sp³-hybridized carbons (Fsp3) is 0.333. The molecular weight excluding hydrogens is 354 g/mol. The van der Waals surface area contributed by atoms with Crippen molar-refractivity contribution in [3.05, 3.63) is 59.0 Å². The van der Waals surface area contributed by atoms with Gasteiger partial charge < -0.3 is 10.2 Å². The number of pyridine rings is 1. The van der Waals surface area contributed by atoms with Crippen LogP contribution in [0.3, 0.4) is 0 Å². The quantitative estimate of drug-likeness (QED) is 0.740. The van der Waals surface area contributed by atoms with Gasteiger partial charge in [0.1, 0.15) is 0 Å². The molecule has 0 radical (unpaired) electrons. The summed E-state index contributed by atoms with van der Waals surface area (Å²) >= 11 is 0. The fourth-order valence-electron chi connectivity index (χ4n) is 3.61. The number of amides is 1. The summed E-state index contributed by atoms with van der Waals surface area (Å²) in [5, 5.41) is 7.78. The maximum absolute atomic E-state index is 12.6. The summed E-state index contributed by atoms with van der Waals surface area (Å²) in [4.78, 5) is 31.2. The van der Waals surface area contributed by atoms with E-state index in [0.717, 1.165) is 43.0 Å². The van der Waals surface area contributed by atoms with E-state index in [9.17, 15) is 9.59 Å². The molecule has 1 aliphatic rings. The Morgan fingerprint density at radius 2 is 1.89 bits per heavy atom. The molecule has 0 spiro atoms. The minimum absolute atomic E-state index is 0.101. The smallest absolute Gasteiger partial charge is 0.226 e. The molecule has 0 atom stereocenters. The highest BCUT2D eigenvalue weighted by Gasteiger charge is 2.17. The van der Waals surface area contributed by atoms with Gasteiger partial charge in [-0.05, 0) is 43.5 Å². The molecule has 3 heterocycles. The van der Waals surface area contributed by atoms with Crippen LogP contribution in [0, 0.1) is 0 Å². The number of carbonyl (C=O) groups excluding carboxylic acids is 1. The number of rotatable bonds is 5. The Labute approximate surface area is 163 Å². The summed E-state index contributed by atoms with van der Waals surface area (Å²) in [6.45, 7) is 2.33. The average molecular weight is 377 g/mol. The molecule has 144 valence electrons. The van der Waals surface area contributed by atoms with E-state index < -0.39 is 0 Å². The molecule has 1 aromatic carbocycles. The molecular formula is C21H23N5O2. The average Bonchev–Trinajstić information content (AvgIpc) is 2.74. The second-order valence-electron chi connectivity index (χ2n) is 6.97. The number of benzene rings is 1. The molecule has 3 aromatic rings. The van der Waals surface area contributed by atoms with Gasteiger partial charge >= 0.3 is 0 Å². The minimum atomic E-state index is -0.113. The monoisotopic (exact) mass is 377 g/mol. The van der Waals surface area contributed by atoms with Crippen LogP contribution in [0.15, 0.2) is 53.6 Å². The Morgan fingerprint density at radius 1 is 1.07 bits per heavy atom. The lowest BCUT2D eigenvalue weighted by Crippen LogP contribution is -2.31. The van der Waals surface area contributed by atoms with E-state index in [-0.39, 0.29) is 17.8 Å². The van der Waals surface area contributed by atoms with Crippen LogP contribution in [0.2, 0.25) is 0 Å². The number of piperidine rings is 1. The van der Waals surface area contributed by atoms with Gasteiger partial charge in [0, 0.05) is 31.1 Å². The van der Waals surface area contributed by atoms with E-state index in [0.29, 0.717) is 11.9 Å². The molecule has 7 heteroatoms. The first-order chi connectivity index (χ1) is 13.7. The number of carbonyl (C=O) groups is 1. The molecule has 1 N–H and O–H groups in total. The molecule has 2 aromatic heterocycles. The summed E-state index contributed by atoms with van der Waals surface area (Å²) < 4.78 is 1.70. The van der Waals surface area contributed by atoms with Crippen molar-refractivity contribution in [3.8, 4) is 0 Å². The zero-order valence-electron chi connectivity index (χ0n) is 15.7. The van der Waals surface area contributed by atoms with E-state index in [1.807, 2.05) is 30.3 Å². The van der Waals surface area contributed by atoms with Crippen molar-refractivity contribution in [2.45, 2.75) is 32.2 Å². The lowest BCUT2D eigenvalue weighted by atomic mass is 10.1. The van der Waals surface area contributed by atoms with Crippen molar-refractivity contribution in [1.29, 1.82) is 0 Å². The zero-order valence-corrected chi connectivity index (χ0v) is 15.7. The van der Waals surface area contributed by atoms with Gasteiger partial charge in [0.15, 0.2) is 5.82 Å². The van der Waals surface area contributed by atoms with Crippen molar-refractivity contribution < 1.29 is 4.79 Å². The normalized spacial score (nSPS) is 14.2. The number of nitrogens with zero attached hydrogens (tertiary/aromatic N) is 4. The van der Waals surface area contributed by atoms with Crippen LogP contribution in [0.4, 0.5) is 11.5 Å². The first kappa shape index (κ1) is 18.2. The van der Waals surface area contributed by atoms with Crippen LogP contribution in [-0.4, -0.2) is 33.8 Å². The van der Waals surface area contributed by atoms with E-state index >= 15 is 0 Å². The molecule has 0 saturated carbocycles. The molecule has 1 saturated heterocycles. The van der Waals surface area contributed by atoms with Crippen LogP contribution in [0.1, 0.15) is 25.7 Å². The van der Waals surface area contributed by atoms with Crippen LogP contribution < -0.4 is 15.6 Å². The molecule has 1 amide bonds. The topological polar surface area (TPSA) is 80.1 Å². The Kier molecular flexibility index (Phi) is 5.32. The summed E-state index contributed by atoms with van der Waals surface area (Å²) in [6.07, 6.45) is 6.86. The molecule has 1 fully saturated rings. The number of anilines is 2. The van der Waals surface area contributed by atoms with Crippen LogP contribution in [0.25, 0.3) is 10.9 Å². The summed E-state index contributed by atoms with van der Waals surface area (Å²) in [6, 6.07) is 11.0. The van der Waals surface area contributed by atoms with Crippen molar-refractivity contribution in [2.24, 2.45) is 0 Å². The Bertz CT molecular complexity index is 1040. The third-order valence-electron chi connectivity index (χ3n) is 5.03. The van der Waals surface area contributed by atoms with Gasteiger partial charge in [-0.15, -0.1) is 0 Å². The van der Waals surface area contributed by atoms with Crippen molar-refractivity contribution in [1.82, 2.24) is 14.8 Å². The first-order valence-corrected chi connectivity index (χ1v) is 9.67. The number of aromatic nitrogens is 3. The third-order valence-corrected chi connectivity index (χ3v) is 5.03. The van der Waals surface area contributed by atoms with E-state index in [4.69, 9.17) is 0 Å². The van der Waals surface area contributed by atoms with Crippen molar-refractivity contribution in [3.63, 3.8) is 0 Å². The first-order valence-electron chi connectivity index (χ1n) is 9.67. The third kappa shape index (κ3) is 3.88. The highest BCUT2D eigenvalue weighted by Crippen LogP contribution is 2.25. The van der Waals surface area contributed by atoms with E-state index in [2.05, 4.69) is 20.3 Å². The molecule has 4 rings (SSSR count). The second kappa shape index (κ2) is 8.21. The lowest BCUT2D eigenvalue weighted by Gasteiger charge is -2.29. The number of aryl methyl sites for hydroxylation is 1. The molecule has 28 heavy (non-hydrogen) atoms. The SMILES string of the molecule is O=C(CCn1ncc(=O)c2ccccc21)Nc1cccnc1N1CCCCC1. The number of hydrogen-bond donors (Lipinski definition) is 1. The second-order valence-corrected chi connectivity index (χ2v) is 6.97. The highest BCUT2D eigenvalue weighted by molar-refractivity contribution is 5.93. The summed E-state index contributed by atoms with van der Waals surface area (Å²) in [5.74, 6) is 0.735. The van der Waals surface area contributed by atoms with Gasteiger partial charge in [0.05, 0.1) is 23.9 Å². The summed E-state index contributed by atoms with van der Waals surface area (Å²) in [7, 11) is 0. The van der Waals surface area contributed by atoms with Gasteiger partial charge in [-0.2, -0.15) is 5.10 Å². The Hall–Kier alpha value is -3.22. The molecule has 1 aliphatic heterocycles. The Balaban J connectivity index is 1.46. The van der Waals surface area contributed by atoms with Crippen LogP contribution >= 0.6 is 0 Å². The fourth-order valence-corrected chi connectivity index (χ4v) is 3.61. The number of para-hydroxylation sites is 1. The Morgan fingerprint density at radius 3 is 2.75 bits per heavy atom. The summed E-state index contributed by atoms with van der Waals surface area (Å²) in [5.41, 5.74) is 1.36. The zero-order chi connectivity index (χ0) is 19.3. The van der Waals surface area contributed by atoms with E-state index in [1.54, 1.807) is 16.9 Å². The highest BCUT2D eigenvalue weighted by atomic mass is 16.1. The number of hydrogen-bond acceptors (Lipinski definition) is 5. The molecule has 0 unspecified atom stereocenters. The van der Waals surface area contributed by atoms with Crippen molar-refractivity contribution >= 4 is 28.3 Å². The number of fused-ring (bicyclic) bond motifs is 1. The molecule has 7 nitrogen and oxygen atoms in total.